The molecule has 2 amide bonds. The zero-order chi connectivity index (χ0) is 28.6. The summed E-state index contributed by atoms with van der Waals surface area (Å²) in [6.07, 6.45) is 0.118. The number of carbonyl (C=O) groups is 2. The number of aromatic hydroxyl groups is 1. The number of nitrogens with one attached hydrogen (secondary N) is 1. The lowest BCUT2D eigenvalue weighted by Crippen LogP contribution is -2.25. The number of rotatable bonds is 8. The Bertz CT molecular complexity index is 1750. The predicted molar refractivity (Wildman–Crippen MR) is 154 cm³/mol. The topological polar surface area (TPSA) is 103 Å². The van der Waals surface area contributed by atoms with Crippen molar-refractivity contribution < 1.29 is 25.5 Å². The van der Waals surface area contributed by atoms with Crippen LogP contribution >= 0.6 is 11.8 Å². The smallest absolute Gasteiger partial charge is 0.286 e. The van der Waals surface area contributed by atoms with Crippen LogP contribution in [0.25, 0.3) is 22.2 Å². The molecule has 0 saturated carbocycles. The predicted octanol–water partition coefficient (Wildman–Crippen LogP) is 6.21. The summed E-state index contributed by atoms with van der Waals surface area (Å²) in [6, 6.07) is 27.7. The van der Waals surface area contributed by atoms with E-state index in [0.29, 0.717) is 29.0 Å². The van der Waals surface area contributed by atoms with E-state index in [2.05, 4.69) is 5.32 Å². The van der Waals surface area contributed by atoms with Gasteiger partial charge in [0.15, 0.2) is 0 Å². The van der Waals surface area contributed by atoms with E-state index < -0.39 is 16.4 Å². The number of aromatic nitrogens is 2. The first-order valence-corrected chi connectivity index (χ1v) is 13.4. The van der Waals surface area contributed by atoms with Gasteiger partial charge >= 0.3 is 0 Å². The molecule has 8 nitrogen and oxygen atoms in total. The van der Waals surface area contributed by atoms with Crippen LogP contribution in [0.5, 0.6) is 23.0 Å². The van der Waals surface area contributed by atoms with Crippen molar-refractivity contribution in [1.29, 1.82) is 0 Å². The highest BCUT2D eigenvalue weighted by Crippen LogP contribution is 2.29. The average Bonchev–Trinajstić information content (AvgIpc) is 3.41. The van der Waals surface area contributed by atoms with Gasteiger partial charge in [-0.05, 0) is 71.6 Å². The zero-order valence-electron chi connectivity index (χ0n) is 22.5. The summed E-state index contributed by atoms with van der Waals surface area (Å²) in [5.41, 5.74) is 4.51. The fourth-order valence-corrected chi connectivity index (χ4v) is 5.17. The Balaban J connectivity index is 1.10. The Labute approximate surface area is 236 Å². The molecule has 2 heterocycles. The highest BCUT2D eigenvalue weighted by molar-refractivity contribution is 8.15. The number of phenols is 1. The van der Waals surface area contributed by atoms with Crippen LogP contribution in [-0.2, 0) is 24.9 Å². The molecule has 0 aliphatic carbocycles. The molecule has 0 bridgehead atoms. The standard InChI is InChI=1S/C31H25N3O5S/c1-34-27-17-25(39-24-12-6-21(7-13-24)20-4-8-22(35)9-5-20)14-15-26(27)32-29(34)18-38-23-10-2-19(3-11-23)16-28-30(36)33-31(37)40-28/h2-15,17,28,35H,16,18H2,1H3,(H,33,36,37)/i28D. The number of imide groups is 1. The molecule has 0 radical (unpaired) electrons. The third-order valence-electron chi connectivity index (χ3n) is 6.58. The highest BCUT2D eigenvalue weighted by Gasteiger charge is 2.31. The minimum atomic E-state index is -1.55. The monoisotopic (exact) mass is 552 g/mol. The summed E-state index contributed by atoms with van der Waals surface area (Å²) in [7, 11) is 1.92. The van der Waals surface area contributed by atoms with Crippen LogP contribution < -0.4 is 14.8 Å². The molecule has 1 atom stereocenters. The molecule has 1 fully saturated rings. The SMILES string of the molecule is [2H]C1(Cc2ccc(OCc3nc4ccc(Oc5ccc(-c6ccc(O)cc6)cc5)cc4n3C)cc2)SC(=O)NC1=O. The van der Waals surface area contributed by atoms with E-state index in [1.54, 1.807) is 36.4 Å². The zero-order valence-corrected chi connectivity index (χ0v) is 22.3. The van der Waals surface area contributed by atoms with Crippen molar-refractivity contribution in [3.05, 3.63) is 102 Å². The molecule has 1 aliphatic rings. The lowest BCUT2D eigenvalue weighted by molar-refractivity contribution is -0.118. The van der Waals surface area contributed by atoms with Crippen LogP contribution in [0.3, 0.4) is 0 Å². The summed E-state index contributed by atoms with van der Waals surface area (Å²) in [5.74, 6) is 2.39. The number of hydrogen-bond donors (Lipinski definition) is 2. The second-order valence-corrected chi connectivity index (χ2v) is 10.4. The minimum absolute atomic E-state index is 0.118. The van der Waals surface area contributed by atoms with Crippen molar-refractivity contribution >= 4 is 33.9 Å². The molecular formula is C31H25N3O5S. The van der Waals surface area contributed by atoms with E-state index in [4.69, 9.17) is 15.8 Å². The first kappa shape index (κ1) is 24.3. The van der Waals surface area contributed by atoms with Crippen LogP contribution in [0.15, 0.2) is 91.0 Å². The van der Waals surface area contributed by atoms with Crippen molar-refractivity contribution in [2.45, 2.75) is 18.3 Å². The molecular weight excluding hydrogens is 526 g/mol. The number of hydrogen-bond acceptors (Lipinski definition) is 7. The normalized spacial score (nSPS) is 17.1. The summed E-state index contributed by atoms with van der Waals surface area (Å²) >= 11 is 0.696. The molecule has 1 unspecified atom stereocenters. The number of fused-ring (bicyclic) bond motifs is 1. The van der Waals surface area contributed by atoms with E-state index >= 15 is 0 Å². The Hall–Kier alpha value is -4.76. The van der Waals surface area contributed by atoms with Crippen molar-refractivity contribution in [1.82, 2.24) is 14.9 Å². The van der Waals surface area contributed by atoms with Gasteiger partial charge in [0.2, 0.25) is 5.91 Å². The fraction of sp³-hybridized carbons (Fsp3) is 0.129. The lowest BCUT2D eigenvalue weighted by Gasteiger charge is -2.09. The molecule has 6 rings (SSSR count). The van der Waals surface area contributed by atoms with Crippen LogP contribution in [0.2, 0.25) is 0 Å². The number of phenolic OH excluding ortho intramolecular Hbond substituents is 1. The van der Waals surface area contributed by atoms with Gasteiger partial charge in [-0.1, -0.05) is 48.2 Å². The second kappa shape index (κ2) is 10.8. The van der Waals surface area contributed by atoms with Crippen molar-refractivity contribution in [3.63, 3.8) is 0 Å². The Morgan fingerprint density at radius 1 is 0.925 bits per heavy atom. The second-order valence-electron chi connectivity index (χ2n) is 9.29. The summed E-state index contributed by atoms with van der Waals surface area (Å²) in [4.78, 5) is 28.1. The third-order valence-corrected chi connectivity index (χ3v) is 7.44. The molecule has 200 valence electrons. The number of nitrogens with zero attached hydrogens (tertiary/aromatic N) is 2. The number of aryl methyl sites for hydroxylation is 1. The highest BCUT2D eigenvalue weighted by atomic mass is 32.2. The third kappa shape index (κ3) is 5.50. The average molecular weight is 553 g/mol. The molecule has 0 spiro atoms. The van der Waals surface area contributed by atoms with Crippen molar-refractivity contribution in [2.24, 2.45) is 7.05 Å². The van der Waals surface area contributed by atoms with Gasteiger partial charge in [0.25, 0.3) is 5.24 Å². The van der Waals surface area contributed by atoms with Gasteiger partial charge in [-0.3, -0.25) is 14.9 Å². The number of thioether (sulfide) groups is 1. The minimum Gasteiger partial charge on any atom is -0.508 e. The first-order chi connectivity index (χ1) is 19.8. The van der Waals surface area contributed by atoms with Gasteiger partial charge in [-0.15, -0.1) is 0 Å². The maximum atomic E-state index is 11.9. The molecule has 5 aromatic rings. The van der Waals surface area contributed by atoms with Crippen LogP contribution in [0.1, 0.15) is 12.8 Å². The number of benzene rings is 4. The molecule has 2 N–H and O–H groups in total. The van der Waals surface area contributed by atoms with E-state index in [1.165, 1.54) is 0 Å². The number of amides is 2. The van der Waals surface area contributed by atoms with E-state index in [9.17, 15) is 14.7 Å². The molecule has 40 heavy (non-hydrogen) atoms. The molecule has 9 heteroatoms. The van der Waals surface area contributed by atoms with Crippen LogP contribution in [0.4, 0.5) is 4.79 Å². The quantitative estimate of drug-likeness (QED) is 0.236. The van der Waals surface area contributed by atoms with E-state index in [0.717, 1.165) is 33.5 Å². The van der Waals surface area contributed by atoms with Gasteiger partial charge in [0.1, 0.15) is 35.4 Å². The van der Waals surface area contributed by atoms with E-state index in [1.807, 2.05) is 66.2 Å². The molecule has 1 saturated heterocycles. The number of imidazole rings is 1. The first-order valence-electron chi connectivity index (χ1n) is 13.0. The van der Waals surface area contributed by atoms with Gasteiger partial charge in [0, 0.05) is 13.1 Å². The lowest BCUT2D eigenvalue weighted by atomic mass is 10.1. The van der Waals surface area contributed by atoms with Crippen molar-refractivity contribution in [2.75, 3.05) is 0 Å². The largest absolute Gasteiger partial charge is 0.508 e. The summed E-state index contributed by atoms with van der Waals surface area (Å²) in [6.45, 7) is 0.245. The Morgan fingerprint density at radius 2 is 1.57 bits per heavy atom. The molecule has 1 aromatic heterocycles. The van der Waals surface area contributed by atoms with Gasteiger partial charge in [0.05, 0.1) is 17.6 Å². The fourth-order valence-electron chi connectivity index (χ4n) is 4.42. The van der Waals surface area contributed by atoms with Crippen LogP contribution in [0, 0.1) is 0 Å². The summed E-state index contributed by atoms with van der Waals surface area (Å²) in [5, 5.41) is 9.63. The Kier molecular flexibility index (Phi) is 6.55. The van der Waals surface area contributed by atoms with Gasteiger partial charge in [-0.2, -0.15) is 0 Å². The van der Waals surface area contributed by atoms with Gasteiger partial charge < -0.3 is 19.1 Å². The molecule has 1 aliphatic heterocycles. The van der Waals surface area contributed by atoms with Crippen molar-refractivity contribution in [3.8, 4) is 34.1 Å². The molecule has 4 aromatic carbocycles. The number of carbonyl (C=O) groups excluding carboxylic acids is 2. The van der Waals surface area contributed by atoms with Gasteiger partial charge in [-0.25, -0.2) is 4.98 Å². The summed E-state index contributed by atoms with van der Waals surface area (Å²) < 4.78 is 22.3. The Morgan fingerprint density at radius 3 is 2.25 bits per heavy atom. The van der Waals surface area contributed by atoms with E-state index in [-0.39, 0.29) is 18.8 Å². The maximum Gasteiger partial charge on any atom is 0.286 e. The number of ether oxygens (including phenoxy) is 2. The maximum absolute atomic E-state index is 11.9. The van der Waals surface area contributed by atoms with Crippen LogP contribution in [-0.4, -0.2) is 31.0 Å².